The molecule has 0 bridgehead atoms. The molecule has 2 aromatic rings. The first-order valence-corrected chi connectivity index (χ1v) is 7.50. The van der Waals surface area contributed by atoms with Crippen molar-refractivity contribution in [1.82, 2.24) is 10.2 Å². The van der Waals surface area contributed by atoms with Crippen LogP contribution in [0, 0.1) is 11.3 Å². The van der Waals surface area contributed by atoms with Gasteiger partial charge in [-0.25, -0.2) is 0 Å². The lowest BCUT2D eigenvalue weighted by molar-refractivity contribution is 0.377. The van der Waals surface area contributed by atoms with Crippen molar-refractivity contribution in [2.45, 2.75) is 19.3 Å². The predicted octanol–water partition coefficient (Wildman–Crippen LogP) is 2.21. The second kappa shape index (κ2) is 6.16. The van der Waals surface area contributed by atoms with Crippen molar-refractivity contribution in [3.05, 3.63) is 46.5 Å². The quantitative estimate of drug-likeness (QED) is 0.892. The number of rotatable bonds is 4. The molecule has 0 amide bonds. The molecule has 2 heterocycles. The third-order valence-corrected chi connectivity index (χ3v) is 4.08. The molecule has 1 aliphatic heterocycles. The first-order chi connectivity index (χ1) is 11.6. The molecule has 0 fully saturated rings. The van der Waals surface area contributed by atoms with E-state index in [4.69, 9.17) is 19.9 Å². The van der Waals surface area contributed by atoms with E-state index in [2.05, 4.69) is 16.3 Å². The van der Waals surface area contributed by atoms with Gasteiger partial charge in [-0.15, -0.1) is 5.10 Å². The van der Waals surface area contributed by atoms with Crippen molar-refractivity contribution in [2.75, 3.05) is 14.2 Å². The number of aromatic nitrogens is 2. The van der Waals surface area contributed by atoms with E-state index in [0.717, 1.165) is 23.2 Å². The number of nitriles is 1. The molecule has 3 rings (SSSR count). The zero-order valence-corrected chi connectivity index (χ0v) is 13.7. The smallest absolute Gasteiger partial charge is 0.244 e. The first-order valence-electron chi connectivity index (χ1n) is 7.50. The van der Waals surface area contributed by atoms with Crippen LogP contribution in [0.1, 0.15) is 29.7 Å². The minimum atomic E-state index is -0.392. The molecule has 0 unspecified atom stereocenters. The van der Waals surface area contributed by atoms with Gasteiger partial charge in [0.25, 0.3) is 0 Å². The van der Waals surface area contributed by atoms with Crippen LogP contribution in [0.15, 0.2) is 29.7 Å². The fourth-order valence-corrected chi connectivity index (χ4v) is 2.91. The van der Waals surface area contributed by atoms with Gasteiger partial charge >= 0.3 is 0 Å². The van der Waals surface area contributed by atoms with E-state index in [1.165, 1.54) is 0 Å². The molecular formula is C17H18N4O3. The predicted molar refractivity (Wildman–Crippen MR) is 86.8 cm³/mol. The molecule has 3 N–H and O–H groups in total. The highest BCUT2D eigenvalue weighted by atomic mass is 16.5. The summed E-state index contributed by atoms with van der Waals surface area (Å²) in [6, 6.07) is 7.66. The van der Waals surface area contributed by atoms with E-state index in [9.17, 15) is 5.26 Å². The lowest BCUT2D eigenvalue weighted by Gasteiger charge is -2.24. The topological polar surface area (TPSA) is 106 Å². The van der Waals surface area contributed by atoms with Crippen molar-refractivity contribution >= 4 is 0 Å². The molecule has 1 aliphatic rings. The number of nitrogens with two attached hydrogens (primary N) is 1. The summed E-state index contributed by atoms with van der Waals surface area (Å²) >= 11 is 0. The van der Waals surface area contributed by atoms with Gasteiger partial charge in [-0.3, -0.25) is 5.10 Å². The molecule has 0 saturated heterocycles. The molecule has 1 aromatic heterocycles. The summed E-state index contributed by atoms with van der Waals surface area (Å²) in [7, 11) is 3.16. The number of fused-ring (bicyclic) bond motifs is 1. The Bertz CT molecular complexity index is 826. The standard InChI is InChI=1S/C17H18N4O3/c1-4-13-15-14(9-5-10(22-2)7-11(6-9)23-3)12(8-18)16(19)24-17(15)21-20-13/h5-7,14H,4,19H2,1-3H3,(H,20,21)/t14-/m1/s1. The summed E-state index contributed by atoms with van der Waals surface area (Å²) in [4.78, 5) is 0. The van der Waals surface area contributed by atoms with Gasteiger partial charge in [0.05, 0.1) is 20.1 Å². The molecule has 0 aliphatic carbocycles. The molecule has 0 saturated carbocycles. The van der Waals surface area contributed by atoms with Crippen LogP contribution in [0.5, 0.6) is 17.4 Å². The van der Waals surface area contributed by atoms with E-state index in [1.807, 2.05) is 19.1 Å². The van der Waals surface area contributed by atoms with Gasteiger partial charge in [0.1, 0.15) is 23.1 Å². The Hall–Kier alpha value is -3.14. The fourth-order valence-electron chi connectivity index (χ4n) is 2.91. The lowest BCUT2D eigenvalue weighted by Crippen LogP contribution is -2.21. The van der Waals surface area contributed by atoms with Gasteiger partial charge in [-0.2, -0.15) is 5.26 Å². The molecule has 0 spiro atoms. The number of hydrogen-bond acceptors (Lipinski definition) is 6. The fraction of sp³-hybridized carbons (Fsp3) is 0.294. The molecule has 1 aromatic carbocycles. The number of allylic oxidation sites excluding steroid dienone is 1. The highest BCUT2D eigenvalue weighted by molar-refractivity contribution is 5.57. The van der Waals surface area contributed by atoms with Gasteiger partial charge in [-0.05, 0) is 24.1 Å². The Kier molecular flexibility index (Phi) is 4.04. The number of nitrogens with one attached hydrogen (secondary N) is 1. The van der Waals surface area contributed by atoms with Crippen molar-refractivity contribution in [1.29, 1.82) is 5.26 Å². The zero-order chi connectivity index (χ0) is 17.3. The van der Waals surface area contributed by atoms with Crippen molar-refractivity contribution in [2.24, 2.45) is 5.73 Å². The van der Waals surface area contributed by atoms with Gasteiger partial charge in [0.2, 0.25) is 11.8 Å². The van der Waals surface area contributed by atoms with Crippen LogP contribution in [0.4, 0.5) is 0 Å². The number of methoxy groups -OCH3 is 2. The molecule has 0 radical (unpaired) electrons. The average Bonchev–Trinajstić information content (AvgIpc) is 3.02. The molecule has 124 valence electrons. The number of benzene rings is 1. The van der Waals surface area contributed by atoms with Gasteiger partial charge in [0, 0.05) is 17.3 Å². The Morgan fingerprint density at radius 1 is 1.29 bits per heavy atom. The third kappa shape index (κ3) is 2.42. The van der Waals surface area contributed by atoms with Gasteiger partial charge < -0.3 is 19.9 Å². The summed E-state index contributed by atoms with van der Waals surface area (Å²) in [6.45, 7) is 2.00. The molecular weight excluding hydrogens is 308 g/mol. The van der Waals surface area contributed by atoms with Crippen LogP contribution < -0.4 is 19.9 Å². The number of nitrogens with zero attached hydrogens (tertiary/aromatic N) is 2. The van der Waals surface area contributed by atoms with Crippen molar-refractivity contribution in [3.63, 3.8) is 0 Å². The normalized spacial score (nSPS) is 16.2. The van der Waals surface area contributed by atoms with E-state index in [1.54, 1.807) is 20.3 Å². The Morgan fingerprint density at radius 2 is 1.96 bits per heavy atom. The summed E-state index contributed by atoms with van der Waals surface area (Å²) in [5.74, 6) is 1.34. The number of aryl methyl sites for hydroxylation is 1. The van der Waals surface area contributed by atoms with E-state index in [-0.39, 0.29) is 5.88 Å². The first kappa shape index (κ1) is 15.7. The number of ether oxygens (including phenoxy) is 3. The number of hydrogen-bond donors (Lipinski definition) is 2. The molecule has 1 atom stereocenters. The van der Waals surface area contributed by atoms with Crippen LogP contribution in [0.25, 0.3) is 0 Å². The number of H-pyrrole nitrogens is 1. The maximum Gasteiger partial charge on any atom is 0.244 e. The van der Waals surface area contributed by atoms with Gasteiger partial charge in [-0.1, -0.05) is 6.92 Å². The van der Waals surface area contributed by atoms with Crippen LogP contribution >= 0.6 is 0 Å². The average molecular weight is 326 g/mol. The Labute approximate surface area is 139 Å². The monoisotopic (exact) mass is 326 g/mol. The van der Waals surface area contributed by atoms with E-state index >= 15 is 0 Å². The van der Waals surface area contributed by atoms with Crippen LogP contribution in [0.2, 0.25) is 0 Å². The highest BCUT2D eigenvalue weighted by Crippen LogP contribution is 2.44. The summed E-state index contributed by atoms with van der Waals surface area (Å²) in [5.41, 5.74) is 8.83. The van der Waals surface area contributed by atoms with Crippen LogP contribution in [0.3, 0.4) is 0 Å². The van der Waals surface area contributed by atoms with Crippen molar-refractivity contribution in [3.8, 4) is 23.4 Å². The molecule has 7 heteroatoms. The number of aromatic amines is 1. The maximum atomic E-state index is 9.61. The van der Waals surface area contributed by atoms with E-state index < -0.39 is 5.92 Å². The SMILES string of the molecule is CCc1[nH]nc2c1[C@H](c1cc(OC)cc(OC)c1)C(C#N)=C(N)O2. The van der Waals surface area contributed by atoms with Crippen molar-refractivity contribution < 1.29 is 14.2 Å². The second-order valence-electron chi connectivity index (χ2n) is 5.35. The van der Waals surface area contributed by atoms with Gasteiger partial charge in [0.15, 0.2) is 0 Å². The van der Waals surface area contributed by atoms with Crippen LogP contribution in [-0.4, -0.2) is 24.4 Å². The lowest BCUT2D eigenvalue weighted by atomic mass is 9.83. The summed E-state index contributed by atoms with van der Waals surface area (Å²) in [6.07, 6.45) is 0.724. The molecule has 24 heavy (non-hydrogen) atoms. The minimum absolute atomic E-state index is 0.0611. The summed E-state index contributed by atoms with van der Waals surface area (Å²) in [5, 5.41) is 16.7. The Morgan fingerprint density at radius 3 is 2.50 bits per heavy atom. The largest absolute Gasteiger partial charge is 0.497 e. The van der Waals surface area contributed by atoms with E-state index in [0.29, 0.717) is 23.0 Å². The summed E-state index contributed by atoms with van der Waals surface area (Å²) < 4.78 is 16.2. The Balaban J connectivity index is 2.25. The minimum Gasteiger partial charge on any atom is -0.497 e. The maximum absolute atomic E-state index is 9.61. The third-order valence-electron chi connectivity index (χ3n) is 4.08. The molecule has 7 nitrogen and oxygen atoms in total. The zero-order valence-electron chi connectivity index (χ0n) is 13.7. The second-order valence-corrected chi connectivity index (χ2v) is 5.35. The highest BCUT2D eigenvalue weighted by Gasteiger charge is 2.35. The van der Waals surface area contributed by atoms with Crippen LogP contribution in [-0.2, 0) is 6.42 Å².